The summed E-state index contributed by atoms with van der Waals surface area (Å²) in [5.41, 5.74) is 4.99. The number of hydrogen-bond acceptors (Lipinski definition) is 4. The molecule has 0 saturated heterocycles. The van der Waals surface area contributed by atoms with Crippen molar-refractivity contribution in [3.8, 4) is 0 Å². The van der Waals surface area contributed by atoms with Gasteiger partial charge in [-0.15, -0.1) is 0 Å². The standard InChI is InChI=1S/C20H30O.C4H5O2.C2H6O.Y/c1-14(2)15-6-8-17-16(12-15)7-9-18-19(3,13-21)10-5-11-20(17,18)4;1-4(6)2-3-5;1-2-3;/h6,8,12,14,18,21H,5,7,9-11,13H2,1-4H3;2H2,1H3;3H,2H2,1H3;/q;-1;;. The average molecular weight is 507 g/mol. The molecule has 4 nitrogen and oxygen atoms in total. The minimum Gasteiger partial charge on any atom is -0.541 e. The van der Waals surface area contributed by atoms with E-state index in [1.165, 1.54) is 50.9 Å². The van der Waals surface area contributed by atoms with Crippen molar-refractivity contribution in [1.29, 1.82) is 0 Å². The van der Waals surface area contributed by atoms with E-state index in [1.807, 2.05) is 0 Å². The Hall–Kier alpha value is -0.416. The number of hydrogen-bond donors (Lipinski definition) is 2. The van der Waals surface area contributed by atoms with E-state index in [0.29, 0.717) is 18.4 Å². The number of carbonyl (C=O) groups excluding carboxylic acids is 2. The van der Waals surface area contributed by atoms with Gasteiger partial charge in [0.25, 0.3) is 0 Å². The summed E-state index contributed by atoms with van der Waals surface area (Å²) >= 11 is 0. The second-order valence-corrected chi connectivity index (χ2v) is 9.59. The fourth-order valence-corrected chi connectivity index (χ4v) is 5.29. The van der Waals surface area contributed by atoms with Gasteiger partial charge in [0.1, 0.15) is 5.78 Å². The van der Waals surface area contributed by atoms with Crippen molar-refractivity contribution in [1.82, 2.24) is 0 Å². The first-order valence-corrected chi connectivity index (χ1v) is 11.3. The molecule has 0 heterocycles. The molecule has 5 heteroatoms. The van der Waals surface area contributed by atoms with E-state index < -0.39 is 0 Å². The third-order valence-corrected chi connectivity index (χ3v) is 6.85. The molecule has 1 saturated carbocycles. The molecular formula is C26H41O4Y-. The number of rotatable bonds is 4. The fourth-order valence-electron chi connectivity index (χ4n) is 5.29. The Morgan fingerprint density at radius 2 is 1.84 bits per heavy atom. The molecule has 1 fully saturated rings. The van der Waals surface area contributed by atoms with Gasteiger partial charge in [0.05, 0.1) is 0 Å². The van der Waals surface area contributed by atoms with E-state index in [1.54, 1.807) is 18.1 Å². The number of fused-ring (bicyclic) bond motifs is 3. The third kappa shape index (κ3) is 7.84. The molecule has 1 aromatic rings. The molecule has 0 bridgehead atoms. The normalized spacial score (nSPS) is 26.0. The predicted molar refractivity (Wildman–Crippen MR) is 122 cm³/mol. The zero-order chi connectivity index (χ0) is 22.9. The van der Waals surface area contributed by atoms with Crippen LogP contribution in [0.1, 0.15) is 96.3 Å². The molecule has 0 aromatic heterocycles. The van der Waals surface area contributed by atoms with Gasteiger partial charge in [0.2, 0.25) is 0 Å². The maximum atomic E-state index is 9.97. The summed E-state index contributed by atoms with van der Waals surface area (Å²) in [7, 11) is 0. The van der Waals surface area contributed by atoms with E-state index in [-0.39, 0.29) is 62.4 Å². The maximum absolute atomic E-state index is 9.97. The van der Waals surface area contributed by atoms with Crippen LogP contribution in [0.5, 0.6) is 0 Å². The first kappa shape index (κ1) is 30.6. The van der Waals surface area contributed by atoms with Gasteiger partial charge in [-0.05, 0) is 78.9 Å². The van der Waals surface area contributed by atoms with Crippen LogP contribution in [0.3, 0.4) is 0 Å². The van der Waals surface area contributed by atoms with Crippen LogP contribution in [0.15, 0.2) is 18.2 Å². The first-order valence-electron chi connectivity index (χ1n) is 11.3. The van der Waals surface area contributed by atoms with Gasteiger partial charge in [0.15, 0.2) is 0 Å². The molecule has 3 atom stereocenters. The minimum atomic E-state index is -0.134. The van der Waals surface area contributed by atoms with Gasteiger partial charge in [-0.25, -0.2) is 0 Å². The van der Waals surface area contributed by atoms with Crippen LogP contribution < -0.4 is 0 Å². The monoisotopic (exact) mass is 506 g/mol. The predicted octanol–water partition coefficient (Wildman–Crippen LogP) is 4.88. The van der Waals surface area contributed by atoms with Gasteiger partial charge in [-0.1, -0.05) is 58.7 Å². The Bertz CT molecular complexity index is 703. The van der Waals surface area contributed by atoms with Crippen molar-refractivity contribution in [2.45, 2.75) is 91.4 Å². The van der Waals surface area contributed by atoms with Gasteiger partial charge in [0, 0.05) is 45.9 Å². The topological polar surface area (TPSA) is 74.6 Å². The zero-order valence-corrected chi connectivity index (χ0v) is 23.2. The van der Waals surface area contributed by atoms with E-state index in [0.717, 1.165) is 0 Å². The van der Waals surface area contributed by atoms with Crippen LogP contribution in [0.4, 0.5) is 0 Å². The molecule has 1 radical (unpaired) electrons. The van der Waals surface area contributed by atoms with Crippen molar-refractivity contribution in [2.75, 3.05) is 13.2 Å². The maximum Gasteiger partial charge on any atom is 0.103 e. The SMILES string of the molecule is CC(=O)C[C-]=O.CC(C)c1ccc2c(c1)CCC1C(C)(CO)CCCC21C.CCO.[Y]. The number of aryl methyl sites for hydroxylation is 1. The van der Waals surface area contributed by atoms with Crippen LogP contribution in [-0.4, -0.2) is 35.5 Å². The summed E-state index contributed by atoms with van der Waals surface area (Å²) in [6.07, 6.45) is 7.53. The summed E-state index contributed by atoms with van der Waals surface area (Å²) in [5.74, 6) is 1.10. The van der Waals surface area contributed by atoms with Crippen LogP contribution in [0.25, 0.3) is 0 Å². The zero-order valence-electron chi connectivity index (χ0n) is 20.3. The molecule has 0 spiro atoms. The Labute approximate surface area is 214 Å². The third-order valence-electron chi connectivity index (χ3n) is 6.85. The molecule has 3 rings (SSSR count). The number of Topliss-reactive ketones (excluding diaryl/α,β-unsaturated/α-hetero) is 1. The van der Waals surface area contributed by atoms with E-state index in [4.69, 9.17) is 5.11 Å². The van der Waals surface area contributed by atoms with Crippen LogP contribution in [0.2, 0.25) is 0 Å². The molecule has 2 aliphatic rings. The van der Waals surface area contributed by atoms with Gasteiger partial charge >= 0.3 is 0 Å². The number of aliphatic hydroxyl groups is 2. The summed E-state index contributed by atoms with van der Waals surface area (Å²) in [6, 6.07) is 7.19. The quantitative estimate of drug-likeness (QED) is 0.451. The van der Waals surface area contributed by atoms with Crippen molar-refractivity contribution in [3.05, 3.63) is 34.9 Å². The van der Waals surface area contributed by atoms with Crippen LogP contribution in [0, 0.1) is 11.3 Å². The Kier molecular flexibility index (Phi) is 13.8. The molecule has 0 aliphatic heterocycles. The van der Waals surface area contributed by atoms with Crippen molar-refractivity contribution in [2.24, 2.45) is 11.3 Å². The van der Waals surface area contributed by atoms with Gasteiger partial charge in [-0.2, -0.15) is 0 Å². The second kappa shape index (κ2) is 14.0. The van der Waals surface area contributed by atoms with E-state index in [2.05, 4.69) is 45.9 Å². The van der Waals surface area contributed by atoms with Crippen molar-refractivity contribution in [3.63, 3.8) is 0 Å². The number of benzene rings is 1. The Morgan fingerprint density at radius 1 is 1.23 bits per heavy atom. The summed E-state index contributed by atoms with van der Waals surface area (Å²) < 4.78 is 0. The number of ketones is 1. The van der Waals surface area contributed by atoms with E-state index in [9.17, 15) is 14.7 Å². The largest absolute Gasteiger partial charge is 0.541 e. The van der Waals surface area contributed by atoms with Crippen LogP contribution in [-0.2, 0) is 54.1 Å². The molecule has 0 amide bonds. The first-order chi connectivity index (χ1) is 14.1. The summed E-state index contributed by atoms with van der Waals surface area (Å²) in [6.45, 7) is 12.9. The Balaban J connectivity index is 0.000000771. The molecule has 3 unspecified atom stereocenters. The second-order valence-electron chi connectivity index (χ2n) is 9.59. The fraction of sp³-hybridized carbons (Fsp3) is 0.692. The van der Waals surface area contributed by atoms with Gasteiger partial charge in [-0.3, -0.25) is 6.29 Å². The molecule has 2 N–H and O–H groups in total. The van der Waals surface area contributed by atoms with Gasteiger partial charge < -0.3 is 19.8 Å². The molecule has 173 valence electrons. The Morgan fingerprint density at radius 3 is 2.29 bits per heavy atom. The smallest absolute Gasteiger partial charge is 0.103 e. The summed E-state index contributed by atoms with van der Waals surface area (Å²) in [4.78, 5) is 19.1. The number of aliphatic hydroxyl groups excluding tert-OH is 2. The molecule has 2 aliphatic carbocycles. The molecule has 1 aromatic carbocycles. The van der Waals surface area contributed by atoms with Crippen molar-refractivity contribution < 1.29 is 52.5 Å². The minimum absolute atomic E-state index is 0. The average Bonchev–Trinajstić information content (AvgIpc) is 2.68. The molecular weight excluding hydrogens is 465 g/mol. The molecule has 31 heavy (non-hydrogen) atoms. The number of carbonyl (C=O) groups is 1. The summed E-state index contributed by atoms with van der Waals surface area (Å²) in [5, 5.41) is 17.5. The van der Waals surface area contributed by atoms with E-state index >= 15 is 0 Å². The van der Waals surface area contributed by atoms with Crippen LogP contribution >= 0.6 is 0 Å². The van der Waals surface area contributed by atoms with Crippen molar-refractivity contribution >= 4 is 12.1 Å².